The Labute approximate surface area is 639 Å². The van der Waals surface area contributed by atoms with Crippen molar-refractivity contribution in [3.8, 4) is 17.5 Å². The number of nitro benzene ring substituents is 1. The minimum atomic E-state index is -1.05. The van der Waals surface area contributed by atoms with Gasteiger partial charge in [0.15, 0.2) is 59.0 Å². The number of nitro groups is 1. The van der Waals surface area contributed by atoms with E-state index in [0.29, 0.717) is 57.7 Å². The number of fused-ring (bicyclic) bond motifs is 2. The van der Waals surface area contributed by atoms with E-state index in [0.717, 1.165) is 54.9 Å². The first kappa shape index (κ1) is 78.5. The van der Waals surface area contributed by atoms with Gasteiger partial charge in [-0.3, -0.25) is 38.1 Å². The monoisotopic (exact) mass is 1580 g/mol. The molecule has 2 saturated heterocycles. The van der Waals surface area contributed by atoms with E-state index < -0.39 is 74.6 Å². The molecule has 0 atom stereocenters. The number of aromatic hydroxyl groups is 2. The van der Waals surface area contributed by atoms with Gasteiger partial charge in [0.05, 0.1) is 38.7 Å². The van der Waals surface area contributed by atoms with Gasteiger partial charge in [-0.1, -0.05) is 84.8 Å². The van der Waals surface area contributed by atoms with E-state index >= 15 is 0 Å². The molecule has 2 aliphatic rings. The molecule has 8 aromatic heterocycles. The summed E-state index contributed by atoms with van der Waals surface area (Å²) in [7, 11) is 0. The molecule has 0 spiro atoms. The zero-order valence-electron chi connectivity index (χ0n) is 58.6. The van der Waals surface area contributed by atoms with E-state index in [1.165, 1.54) is 65.8 Å². The largest absolute Gasteiger partial charge is 0.519 e. The highest BCUT2D eigenvalue weighted by Crippen LogP contribution is 2.42. The molecule has 0 radical (unpaired) electrons. The van der Waals surface area contributed by atoms with E-state index in [-0.39, 0.29) is 103 Å². The molecule has 110 heavy (non-hydrogen) atoms. The summed E-state index contributed by atoms with van der Waals surface area (Å²) in [5.41, 5.74) is 16.7. The zero-order chi connectivity index (χ0) is 78.7. The molecule has 11 N–H and O–H groups in total. The number of non-ortho nitro benzene ring substituents is 1. The highest BCUT2D eigenvalue weighted by atomic mass is 35.5. The molecule has 2 aliphatic heterocycles. The number of amides is 3. The Morgan fingerprint density at radius 1 is 0.618 bits per heavy atom. The van der Waals surface area contributed by atoms with Crippen LogP contribution in [0.1, 0.15) is 83.3 Å². The Morgan fingerprint density at radius 2 is 1.06 bits per heavy atom. The van der Waals surface area contributed by atoms with E-state index in [2.05, 4.69) is 78.3 Å². The first-order chi connectivity index (χ1) is 52.5. The number of anilines is 6. The molecule has 10 heterocycles. The summed E-state index contributed by atoms with van der Waals surface area (Å²) in [5, 5.41) is 40.3. The van der Waals surface area contributed by atoms with Crippen molar-refractivity contribution >= 4 is 122 Å². The number of aromatic nitrogens is 8. The molecule has 0 unspecified atom stereocenters. The number of aryl methyl sites for hydroxylation is 2. The first-order valence-corrected chi connectivity index (χ1v) is 35.5. The summed E-state index contributed by atoms with van der Waals surface area (Å²) < 4.78 is 35.8. The maximum atomic E-state index is 13.1. The van der Waals surface area contributed by atoms with E-state index in [1.807, 2.05) is 0 Å². The lowest BCUT2D eigenvalue weighted by molar-refractivity contribution is -0.384. The molecule has 36 nitrogen and oxygen atoms in total. The Balaban J connectivity index is 0.000000177. The molecule has 3 amide bonds. The quantitative estimate of drug-likeness (QED) is 0.0161. The van der Waals surface area contributed by atoms with Crippen LogP contribution in [0.3, 0.4) is 0 Å². The van der Waals surface area contributed by atoms with Crippen LogP contribution in [0, 0.1) is 34.8 Å². The fraction of sp³-hybridized carbons (Fsp3) is 0.257. The summed E-state index contributed by atoms with van der Waals surface area (Å²) in [6.45, 7) is 10.7. The number of nitrogens with zero attached hydrogens (tertiary/aromatic N) is 11. The molecule has 0 bridgehead atoms. The van der Waals surface area contributed by atoms with Gasteiger partial charge in [-0.05, 0) is 118 Å². The highest BCUT2D eigenvalue weighted by Gasteiger charge is 2.33. The summed E-state index contributed by atoms with van der Waals surface area (Å²) in [5.74, 6) is -2.33. The van der Waals surface area contributed by atoms with E-state index in [1.54, 1.807) is 86.0 Å². The van der Waals surface area contributed by atoms with Crippen LogP contribution in [0.5, 0.6) is 17.5 Å². The van der Waals surface area contributed by atoms with Crippen molar-refractivity contribution in [1.82, 2.24) is 44.0 Å². The number of ether oxygens (including phenoxy) is 3. The maximum absolute atomic E-state index is 13.1. The van der Waals surface area contributed by atoms with Crippen molar-refractivity contribution in [1.29, 1.82) is 0 Å². The number of carbonyl (C=O) groups excluding carboxylic acids is 4. The predicted molar refractivity (Wildman–Crippen MR) is 400 cm³/mol. The number of hydrogen-bond acceptors (Lipinski definition) is 32. The van der Waals surface area contributed by atoms with Crippen LogP contribution in [0.2, 0.25) is 10.0 Å². The number of alkyl carbamates (subject to hydrolysis) is 1. The molecule has 572 valence electrons. The van der Waals surface area contributed by atoms with Gasteiger partial charge in [0.2, 0.25) is 11.8 Å². The number of nitrogens with two attached hydrogens (primary N) is 3. The van der Waals surface area contributed by atoms with Gasteiger partial charge in [0, 0.05) is 67.0 Å². The van der Waals surface area contributed by atoms with Gasteiger partial charge >= 0.3 is 23.9 Å². The average Bonchev–Trinajstić information content (AvgIpc) is 0.845. The predicted octanol–water partition coefficient (Wildman–Crippen LogP) is 9.78. The van der Waals surface area contributed by atoms with Crippen LogP contribution in [0.4, 0.5) is 49.9 Å². The van der Waals surface area contributed by atoms with Gasteiger partial charge in [-0.2, -0.15) is 9.97 Å². The Kier molecular flexibility index (Phi) is 24.4. The molecule has 40 heteroatoms. The molecule has 3 aromatic carbocycles. The third kappa shape index (κ3) is 18.9. The van der Waals surface area contributed by atoms with Crippen LogP contribution in [0.15, 0.2) is 179 Å². The second-order valence-corrected chi connectivity index (χ2v) is 28.1. The number of rotatable bonds is 19. The highest BCUT2D eigenvalue weighted by molar-refractivity contribution is 7.99. The molecule has 13 rings (SSSR count). The number of nitrogens with one attached hydrogen (secondary N) is 3. The van der Waals surface area contributed by atoms with Crippen LogP contribution >= 0.6 is 46.7 Å². The van der Waals surface area contributed by atoms with Crippen LogP contribution < -0.4 is 70.5 Å². The molecular formula is C70H67Cl2N17O19S2. The Bertz CT molecular complexity index is 5570. The second-order valence-electron chi connectivity index (χ2n) is 25.3. The zero-order valence-corrected chi connectivity index (χ0v) is 61.7. The van der Waals surface area contributed by atoms with Crippen molar-refractivity contribution in [2.75, 3.05) is 71.2 Å². The average molecular weight is 1590 g/mol. The minimum Gasteiger partial charge on any atom is -0.493 e. The van der Waals surface area contributed by atoms with Crippen molar-refractivity contribution in [3.05, 3.63) is 218 Å². The standard InChI is InChI=1S/C32H31ClN8O8S.C26H27ClN8O3S.C12H9NO8/c1-17-19(49-31(46)48-17)15-47-30(45)36-16-32(2)9-12-40(13-10-32)22-14-35-28(25(34)38-22)50-20-7-5-6-18(24(20)33)37-26(42)23-27(43)39-21-8-3-4-11-41(21)29(23)44;1-26(14-28)8-11-34(12-9-26)18-13-30-24(21(29)32-18)39-16-6-4-5-15(20(16)27)31-22(36)19-23(37)33-17-7-2-3-10-35(17)25(19)38;1-7-10(21-12(15)19-7)6-18-11(14)20-9-4-2-8(3-5-9)13(16)17/h3-8,11,14,43H,9-10,12-13,15-16H2,1-2H3,(H2,34,38)(H,36,45)(H,37,42);2-7,10,13,37H,8-9,11-12,14,28H2,1H3,(H2,29,32)(H,31,36);2-5H,6H2,1H3. The van der Waals surface area contributed by atoms with Gasteiger partial charge in [0.1, 0.15) is 38.7 Å². The summed E-state index contributed by atoms with van der Waals surface area (Å²) in [6.07, 6.45) is 7.96. The van der Waals surface area contributed by atoms with E-state index in [9.17, 15) is 58.7 Å². The smallest absolute Gasteiger partial charge is 0.493 e. The number of hydrogen-bond donors (Lipinski definition) is 8. The molecule has 11 aromatic rings. The second kappa shape index (κ2) is 34.2. The van der Waals surface area contributed by atoms with E-state index in [4.69, 9.17) is 63.4 Å². The fourth-order valence-electron chi connectivity index (χ4n) is 11.0. The molecule has 2 fully saturated rings. The number of carbonyl (C=O) groups is 4. The lowest BCUT2D eigenvalue weighted by Gasteiger charge is -2.39. The Morgan fingerprint density at radius 3 is 1.48 bits per heavy atom. The molecular weight excluding hydrogens is 1520 g/mol. The lowest BCUT2D eigenvalue weighted by Crippen LogP contribution is -2.45. The SMILES string of the molecule is CC1(CN)CCN(c2cnc(Sc3cccc(NC(=O)c4c(O)nc5ccccn5c4=O)c3Cl)c(N)n2)CC1.Cc1oc(=O)oc1COC(=O)NCC1(C)CCN(c2cnc(Sc3cccc(NC(=O)c4c(O)nc5ccccn5c4=O)c3Cl)c(N)n2)CC1.Cc1oc(=O)oc1COC(=O)Oc1ccc([N+](=O)[O-])cc1. The molecule has 0 saturated carbocycles. The number of pyridine rings is 2. The van der Waals surface area contributed by atoms with Gasteiger partial charge in [0.25, 0.3) is 28.6 Å². The number of halogens is 2. The maximum Gasteiger partial charge on any atom is 0.519 e. The van der Waals surface area contributed by atoms with Gasteiger partial charge in [-0.15, -0.1) is 0 Å². The van der Waals surface area contributed by atoms with Crippen LogP contribution in [0.25, 0.3) is 11.3 Å². The lowest BCUT2D eigenvalue weighted by atomic mass is 9.80. The first-order valence-electron chi connectivity index (χ1n) is 33.1. The third-order valence-electron chi connectivity index (χ3n) is 17.5. The fourth-order valence-corrected chi connectivity index (χ4v) is 13.2. The third-order valence-corrected chi connectivity index (χ3v) is 20.7. The van der Waals surface area contributed by atoms with Gasteiger partial charge in [-0.25, -0.2) is 39.1 Å². The van der Waals surface area contributed by atoms with Crippen molar-refractivity contribution < 1.29 is 66.2 Å². The van der Waals surface area contributed by atoms with Crippen LogP contribution in [-0.2, 0) is 22.7 Å². The topological polar surface area (TPSA) is 507 Å². The summed E-state index contributed by atoms with van der Waals surface area (Å²) in [6, 6.07) is 24.4. The normalized spacial score (nSPS) is 13.6. The van der Waals surface area contributed by atoms with Gasteiger partial charge < -0.3 is 85.0 Å². The van der Waals surface area contributed by atoms with Crippen molar-refractivity contribution in [2.45, 2.75) is 86.4 Å². The summed E-state index contributed by atoms with van der Waals surface area (Å²) >= 11 is 15.6. The van der Waals surface area contributed by atoms with Crippen molar-refractivity contribution in [2.24, 2.45) is 16.6 Å². The number of piperidine rings is 2. The molecule has 0 aliphatic carbocycles. The van der Waals surface area contributed by atoms with Crippen LogP contribution in [-0.4, -0.2) is 117 Å². The Hall–Kier alpha value is -12.5. The number of nitrogen functional groups attached to an aromatic ring is 2. The number of benzene rings is 3. The summed E-state index contributed by atoms with van der Waals surface area (Å²) in [4.78, 5) is 139. The van der Waals surface area contributed by atoms with Crippen molar-refractivity contribution in [3.63, 3.8) is 0 Å². The minimum absolute atomic E-state index is 0.0700.